The summed E-state index contributed by atoms with van der Waals surface area (Å²) in [6, 6.07) is -0.499. The third kappa shape index (κ3) is 10.5. The van der Waals surface area contributed by atoms with Crippen LogP contribution in [-0.4, -0.2) is 52.1 Å². The predicted octanol–water partition coefficient (Wildman–Crippen LogP) is -0.463. The van der Waals surface area contributed by atoms with Crippen LogP contribution in [0.3, 0.4) is 0 Å². The summed E-state index contributed by atoms with van der Waals surface area (Å²) in [4.78, 5) is 11.5. The molecule has 0 radical (unpaired) electrons. The van der Waals surface area contributed by atoms with Crippen molar-refractivity contribution in [1.82, 2.24) is 5.32 Å². The first-order valence-electron chi connectivity index (χ1n) is 6.01. The van der Waals surface area contributed by atoms with Crippen LogP contribution in [0.1, 0.15) is 20.3 Å². The van der Waals surface area contributed by atoms with Crippen molar-refractivity contribution in [2.45, 2.75) is 26.3 Å². The summed E-state index contributed by atoms with van der Waals surface area (Å²) in [7, 11) is -2.99. The number of hydrogen-bond donors (Lipinski definition) is 2. The van der Waals surface area contributed by atoms with Gasteiger partial charge in [0, 0.05) is 12.8 Å². The summed E-state index contributed by atoms with van der Waals surface area (Å²) in [6.07, 6.45) is 1.80. The van der Waals surface area contributed by atoms with Crippen molar-refractivity contribution in [3.8, 4) is 0 Å². The van der Waals surface area contributed by atoms with E-state index >= 15 is 0 Å². The van der Waals surface area contributed by atoms with Crippen LogP contribution >= 0.6 is 0 Å². The van der Waals surface area contributed by atoms with Crippen LogP contribution in [-0.2, 0) is 19.4 Å². The fourth-order valence-electron chi connectivity index (χ4n) is 1.30. The van der Waals surface area contributed by atoms with E-state index in [9.17, 15) is 13.2 Å². The molecular formula is C11H24N2O4S. The molecule has 18 heavy (non-hydrogen) atoms. The van der Waals surface area contributed by atoms with E-state index in [4.69, 9.17) is 10.5 Å². The largest absolute Gasteiger partial charge is 0.379 e. The molecule has 0 saturated carbocycles. The molecule has 0 aromatic heterocycles. The van der Waals surface area contributed by atoms with Gasteiger partial charge < -0.3 is 15.8 Å². The number of carbonyl (C=O) groups excluding carboxylic acids is 1. The summed E-state index contributed by atoms with van der Waals surface area (Å²) in [5.41, 5.74) is 5.68. The van der Waals surface area contributed by atoms with Gasteiger partial charge in [-0.15, -0.1) is 0 Å². The summed E-state index contributed by atoms with van der Waals surface area (Å²) >= 11 is 0. The van der Waals surface area contributed by atoms with Crippen molar-refractivity contribution in [2.24, 2.45) is 11.7 Å². The Morgan fingerprint density at radius 1 is 1.33 bits per heavy atom. The lowest BCUT2D eigenvalue weighted by atomic mass is 10.0. The molecule has 0 bridgehead atoms. The number of ether oxygens (including phenoxy) is 1. The lowest BCUT2D eigenvalue weighted by molar-refractivity contribution is -0.122. The Labute approximate surface area is 109 Å². The predicted molar refractivity (Wildman–Crippen MR) is 71.0 cm³/mol. The Bertz CT molecular complexity index is 341. The van der Waals surface area contributed by atoms with Crippen molar-refractivity contribution in [2.75, 3.05) is 31.8 Å². The molecule has 1 atom stereocenters. The zero-order chi connectivity index (χ0) is 14.2. The Morgan fingerprint density at radius 3 is 2.44 bits per heavy atom. The first-order chi connectivity index (χ1) is 8.22. The van der Waals surface area contributed by atoms with E-state index in [2.05, 4.69) is 5.32 Å². The Balaban J connectivity index is 3.57. The first-order valence-corrected chi connectivity index (χ1v) is 8.07. The molecule has 0 aromatic rings. The number of nitrogens with two attached hydrogens (primary N) is 1. The van der Waals surface area contributed by atoms with E-state index in [1.807, 2.05) is 13.8 Å². The zero-order valence-electron chi connectivity index (χ0n) is 11.3. The lowest BCUT2D eigenvalue weighted by Crippen LogP contribution is -2.42. The minimum atomic E-state index is -2.99. The summed E-state index contributed by atoms with van der Waals surface area (Å²) < 4.78 is 26.7. The maximum atomic E-state index is 11.5. The van der Waals surface area contributed by atoms with E-state index in [-0.39, 0.29) is 24.9 Å². The summed E-state index contributed by atoms with van der Waals surface area (Å²) in [5.74, 6) is 0.167. The Hall–Kier alpha value is -0.660. The van der Waals surface area contributed by atoms with Gasteiger partial charge in [-0.1, -0.05) is 13.8 Å². The van der Waals surface area contributed by atoms with Crippen molar-refractivity contribution in [3.05, 3.63) is 0 Å². The van der Waals surface area contributed by atoms with Gasteiger partial charge in [-0.2, -0.15) is 0 Å². The normalized spacial score (nSPS) is 13.6. The Morgan fingerprint density at radius 2 is 1.94 bits per heavy atom. The number of carbonyl (C=O) groups is 1. The molecule has 0 aliphatic rings. The molecule has 0 heterocycles. The van der Waals surface area contributed by atoms with Crippen LogP contribution in [0.5, 0.6) is 0 Å². The van der Waals surface area contributed by atoms with Gasteiger partial charge >= 0.3 is 0 Å². The highest BCUT2D eigenvalue weighted by Gasteiger charge is 2.13. The molecule has 6 nitrogen and oxygen atoms in total. The van der Waals surface area contributed by atoms with Gasteiger partial charge in [0.2, 0.25) is 5.91 Å². The minimum Gasteiger partial charge on any atom is -0.379 e. The lowest BCUT2D eigenvalue weighted by Gasteiger charge is -2.14. The number of rotatable bonds is 9. The van der Waals surface area contributed by atoms with Crippen LogP contribution in [0.4, 0.5) is 0 Å². The van der Waals surface area contributed by atoms with Gasteiger partial charge in [0.15, 0.2) is 0 Å². The van der Waals surface area contributed by atoms with Crippen molar-refractivity contribution >= 4 is 15.7 Å². The van der Waals surface area contributed by atoms with E-state index in [0.29, 0.717) is 18.9 Å². The Kier molecular flexibility index (Phi) is 8.13. The maximum Gasteiger partial charge on any atom is 0.237 e. The summed E-state index contributed by atoms with van der Waals surface area (Å²) in [6.45, 7) is 4.78. The van der Waals surface area contributed by atoms with Gasteiger partial charge in [-0.3, -0.25) is 4.79 Å². The highest BCUT2D eigenvalue weighted by molar-refractivity contribution is 7.90. The van der Waals surface area contributed by atoms with Gasteiger partial charge in [0.05, 0.1) is 25.0 Å². The van der Waals surface area contributed by atoms with Crippen molar-refractivity contribution < 1.29 is 17.9 Å². The van der Waals surface area contributed by atoms with Crippen LogP contribution < -0.4 is 11.1 Å². The standard InChI is InChI=1S/C11H24N2O4S/c1-9(2)8-10(12)11(14)13-4-5-17-6-7-18(3,15)16/h9-10H,4-8,12H2,1-3H3,(H,13,14)/t10-/m0/s1. The fraction of sp³-hybridized carbons (Fsp3) is 0.909. The van der Waals surface area contributed by atoms with E-state index in [1.54, 1.807) is 0 Å². The zero-order valence-corrected chi connectivity index (χ0v) is 12.1. The monoisotopic (exact) mass is 280 g/mol. The molecule has 0 spiro atoms. The van der Waals surface area contributed by atoms with Gasteiger partial charge in [-0.25, -0.2) is 8.42 Å². The van der Waals surface area contributed by atoms with Gasteiger partial charge in [-0.05, 0) is 12.3 Å². The molecule has 108 valence electrons. The van der Waals surface area contributed by atoms with Gasteiger partial charge in [0.25, 0.3) is 0 Å². The number of sulfone groups is 1. The van der Waals surface area contributed by atoms with Crippen LogP contribution in [0, 0.1) is 5.92 Å². The number of nitrogens with one attached hydrogen (secondary N) is 1. The number of hydrogen-bond acceptors (Lipinski definition) is 5. The van der Waals surface area contributed by atoms with E-state index < -0.39 is 15.9 Å². The molecule has 0 saturated heterocycles. The molecule has 0 unspecified atom stereocenters. The minimum absolute atomic E-state index is 0.00614. The van der Waals surface area contributed by atoms with E-state index in [1.165, 1.54) is 0 Å². The van der Waals surface area contributed by atoms with Crippen molar-refractivity contribution in [3.63, 3.8) is 0 Å². The average Bonchev–Trinajstić information content (AvgIpc) is 2.20. The van der Waals surface area contributed by atoms with E-state index in [0.717, 1.165) is 6.26 Å². The van der Waals surface area contributed by atoms with Gasteiger partial charge in [0.1, 0.15) is 9.84 Å². The second-order valence-corrected chi connectivity index (χ2v) is 7.03. The molecule has 7 heteroatoms. The second-order valence-electron chi connectivity index (χ2n) is 4.77. The van der Waals surface area contributed by atoms with Crippen LogP contribution in [0.2, 0.25) is 0 Å². The molecule has 0 fully saturated rings. The quantitative estimate of drug-likeness (QED) is 0.557. The fourth-order valence-corrected chi connectivity index (χ4v) is 1.73. The van der Waals surface area contributed by atoms with Crippen LogP contribution in [0.15, 0.2) is 0 Å². The molecular weight excluding hydrogens is 256 g/mol. The third-order valence-corrected chi connectivity index (χ3v) is 3.11. The average molecular weight is 280 g/mol. The highest BCUT2D eigenvalue weighted by atomic mass is 32.2. The van der Waals surface area contributed by atoms with Crippen molar-refractivity contribution in [1.29, 1.82) is 0 Å². The molecule has 0 rings (SSSR count). The number of amides is 1. The topological polar surface area (TPSA) is 98.5 Å². The smallest absolute Gasteiger partial charge is 0.237 e. The molecule has 3 N–H and O–H groups in total. The molecule has 1 amide bonds. The summed E-state index contributed by atoms with van der Waals surface area (Å²) in [5, 5.41) is 2.65. The molecule has 0 aliphatic heterocycles. The maximum absolute atomic E-state index is 11.5. The first kappa shape index (κ1) is 17.3. The second kappa shape index (κ2) is 8.44. The SMILES string of the molecule is CC(C)C[C@H](N)C(=O)NCCOCCS(C)(=O)=O. The van der Waals surface area contributed by atoms with Crippen LogP contribution in [0.25, 0.3) is 0 Å². The highest BCUT2D eigenvalue weighted by Crippen LogP contribution is 2.02. The molecule has 0 aliphatic carbocycles. The molecule has 0 aromatic carbocycles. The third-order valence-electron chi connectivity index (χ3n) is 2.21.